The molecule has 1 fully saturated rings. The molecule has 8 nitrogen and oxygen atoms in total. The maximum Gasteiger partial charge on any atom is 0.329 e. The number of rotatable bonds is 4. The minimum atomic E-state index is -1.72. The van der Waals surface area contributed by atoms with E-state index in [2.05, 4.69) is 4.74 Å². The van der Waals surface area contributed by atoms with Crippen LogP contribution in [0.3, 0.4) is 0 Å². The molecule has 8 heteroatoms. The predicted octanol–water partition coefficient (Wildman–Crippen LogP) is -2.95. The zero-order chi connectivity index (χ0) is 12.3. The average Bonchev–Trinajstić information content (AvgIpc) is 2.23. The van der Waals surface area contributed by atoms with Crippen molar-refractivity contribution in [3.8, 4) is 0 Å². The quantitative estimate of drug-likeness (QED) is 0.327. The number of aliphatic hydroxyl groups excluding tert-OH is 4. The van der Waals surface area contributed by atoms with Gasteiger partial charge >= 0.3 is 5.97 Å². The summed E-state index contributed by atoms with van der Waals surface area (Å²) >= 11 is 0. The first-order chi connectivity index (χ1) is 7.43. The highest BCUT2D eigenvalue weighted by Crippen LogP contribution is 2.21. The molecular formula is C8H13O8. The summed E-state index contributed by atoms with van der Waals surface area (Å²) in [4.78, 5) is 10.1. The fourth-order valence-electron chi connectivity index (χ4n) is 1.22. The summed E-state index contributed by atoms with van der Waals surface area (Å²) < 4.78 is 9.17. The average molecular weight is 237 g/mol. The van der Waals surface area contributed by atoms with E-state index in [4.69, 9.17) is 14.9 Å². The first-order valence-electron chi connectivity index (χ1n) is 4.48. The van der Waals surface area contributed by atoms with E-state index in [0.29, 0.717) is 0 Å². The lowest BCUT2D eigenvalue weighted by atomic mass is 10.00. The monoisotopic (exact) mass is 237 g/mol. The zero-order valence-corrected chi connectivity index (χ0v) is 8.13. The van der Waals surface area contributed by atoms with Crippen LogP contribution >= 0.6 is 0 Å². The van der Waals surface area contributed by atoms with Crippen molar-refractivity contribution in [1.82, 2.24) is 0 Å². The third kappa shape index (κ3) is 3.11. The second-order valence-corrected chi connectivity index (χ2v) is 3.30. The molecule has 1 rings (SSSR count). The van der Waals surface area contributed by atoms with Gasteiger partial charge < -0.3 is 35.0 Å². The van der Waals surface area contributed by atoms with Gasteiger partial charge in [-0.25, -0.2) is 4.79 Å². The number of aliphatic hydroxyl groups is 4. The van der Waals surface area contributed by atoms with Gasteiger partial charge in [0.1, 0.15) is 37.6 Å². The topological polar surface area (TPSA) is 137 Å². The van der Waals surface area contributed by atoms with Gasteiger partial charge in [0.15, 0.2) is 6.29 Å². The Balaban J connectivity index is 2.49. The predicted molar refractivity (Wildman–Crippen MR) is 46.8 cm³/mol. The lowest BCUT2D eigenvalue weighted by Crippen LogP contribution is -2.55. The number of ether oxygens (including phenoxy) is 2. The number of aliphatic carboxylic acids is 1. The van der Waals surface area contributed by atoms with Gasteiger partial charge in [0, 0.05) is 0 Å². The lowest BCUT2D eigenvalue weighted by molar-refractivity contribution is -0.243. The fraction of sp³-hybridized carbons (Fsp3) is 0.750. The van der Waals surface area contributed by atoms with Crippen molar-refractivity contribution in [3.63, 3.8) is 0 Å². The molecule has 5 N–H and O–H groups in total. The van der Waals surface area contributed by atoms with Crippen LogP contribution in [0.2, 0.25) is 0 Å². The van der Waals surface area contributed by atoms with Gasteiger partial charge in [-0.1, -0.05) is 0 Å². The van der Waals surface area contributed by atoms with Crippen molar-refractivity contribution in [3.05, 3.63) is 6.61 Å². The molecular weight excluding hydrogens is 224 g/mol. The Bertz CT molecular complexity index is 244. The van der Waals surface area contributed by atoms with Crippen molar-refractivity contribution in [2.24, 2.45) is 0 Å². The molecule has 1 saturated heterocycles. The Morgan fingerprint density at radius 3 is 2.56 bits per heavy atom. The maximum atomic E-state index is 10.1. The van der Waals surface area contributed by atoms with E-state index < -0.39 is 43.3 Å². The van der Waals surface area contributed by atoms with Crippen LogP contribution in [0.25, 0.3) is 0 Å². The van der Waals surface area contributed by atoms with Crippen molar-refractivity contribution < 1.29 is 39.8 Å². The number of carboxylic acids is 1. The molecule has 0 aromatic carbocycles. The van der Waals surface area contributed by atoms with Crippen LogP contribution in [0.5, 0.6) is 0 Å². The summed E-state index contributed by atoms with van der Waals surface area (Å²) in [7, 11) is 0. The SMILES string of the molecule is O=C(O)COC(O)[C@H]1O[CH][C@H](O)[C@@H](O)[C@@H]1O. The summed E-state index contributed by atoms with van der Waals surface area (Å²) in [5.74, 6) is -1.30. The number of carboxylic acid groups (broad SMARTS) is 1. The third-order valence-electron chi connectivity index (χ3n) is 2.07. The van der Waals surface area contributed by atoms with Gasteiger partial charge in [-0.2, -0.15) is 0 Å². The van der Waals surface area contributed by atoms with Gasteiger partial charge in [-0.05, 0) is 0 Å². The lowest BCUT2D eigenvalue weighted by Gasteiger charge is -2.36. The van der Waals surface area contributed by atoms with E-state index in [9.17, 15) is 20.1 Å². The maximum absolute atomic E-state index is 10.1. The highest BCUT2D eigenvalue weighted by Gasteiger charge is 2.42. The van der Waals surface area contributed by atoms with E-state index in [1.165, 1.54) is 0 Å². The molecule has 0 spiro atoms. The molecule has 1 aliphatic rings. The summed E-state index contributed by atoms with van der Waals surface area (Å²) in [6.07, 6.45) is -7.55. The van der Waals surface area contributed by atoms with E-state index in [-0.39, 0.29) is 0 Å². The van der Waals surface area contributed by atoms with E-state index >= 15 is 0 Å². The van der Waals surface area contributed by atoms with Gasteiger partial charge in [-0.3, -0.25) is 0 Å². The van der Waals surface area contributed by atoms with E-state index in [1.54, 1.807) is 0 Å². The van der Waals surface area contributed by atoms with Crippen LogP contribution in [-0.4, -0.2) is 68.8 Å². The Morgan fingerprint density at radius 1 is 1.38 bits per heavy atom. The Labute approximate surface area is 90.6 Å². The molecule has 1 unspecified atom stereocenters. The summed E-state index contributed by atoms with van der Waals surface area (Å²) in [5.41, 5.74) is 0. The molecule has 0 bridgehead atoms. The largest absolute Gasteiger partial charge is 0.480 e. The number of hydrogen-bond donors (Lipinski definition) is 5. The standard InChI is InChI=1S/C8H13O8/c9-3-1-15-7(6(13)5(3)12)8(14)16-2-4(10)11/h1,3,5-9,12-14H,2H2,(H,10,11)/t3-,5+,6-,7-,8?/m0/s1. The normalized spacial score (nSPS) is 37.0. The number of carbonyl (C=O) groups is 1. The van der Waals surface area contributed by atoms with E-state index in [1.807, 2.05) is 0 Å². The zero-order valence-electron chi connectivity index (χ0n) is 8.13. The highest BCUT2D eigenvalue weighted by molar-refractivity contribution is 5.68. The van der Waals surface area contributed by atoms with Crippen LogP contribution in [-0.2, 0) is 14.3 Å². The molecule has 1 aliphatic heterocycles. The minimum Gasteiger partial charge on any atom is -0.480 e. The summed E-state index contributed by atoms with van der Waals surface area (Å²) in [6.45, 7) is 0.0573. The minimum absolute atomic E-state index is 0.771. The smallest absolute Gasteiger partial charge is 0.329 e. The molecule has 0 aliphatic carbocycles. The van der Waals surface area contributed by atoms with Crippen LogP contribution in [0.4, 0.5) is 0 Å². The van der Waals surface area contributed by atoms with Crippen molar-refractivity contribution in [2.45, 2.75) is 30.7 Å². The van der Waals surface area contributed by atoms with Crippen LogP contribution < -0.4 is 0 Å². The second kappa shape index (κ2) is 5.53. The van der Waals surface area contributed by atoms with Crippen LogP contribution in [0.1, 0.15) is 0 Å². The molecule has 5 atom stereocenters. The van der Waals surface area contributed by atoms with Crippen molar-refractivity contribution in [1.29, 1.82) is 0 Å². The van der Waals surface area contributed by atoms with Gasteiger partial charge in [0.25, 0.3) is 0 Å². The van der Waals surface area contributed by atoms with Crippen molar-refractivity contribution in [2.75, 3.05) is 6.61 Å². The number of hydrogen-bond acceptors (Lipinski definition) is 7. The summed E-state index contributed by atoms with van der Waals surface area (Å²) in [5, 5.41) is 45.3. The Hall–Kier alpha value is -0.770. The van der Waals surface area contributed by atoms with Crippen molar-refractivity contribution >= 4 is 5.97 Å². The molecule has 93 valence electrons. The third-order valence-corrected chi connectivity index (χ3v) is 2.07. The Kier molecular flexibility index (Phi) is 4.59. The van der Waals surface area contributed by atoms with E-state index in [0.717, 1.165) is 6.61 Å². The molecule has 0 aromatic rings. The molecule has 0 aromatic heterocycles. The second-order valence-electron chi connectivity index (χ2n) is 3.30. The van der Waals surface area contributed by atoms with Crippen LogP contribution in [0.15, 0.2) is 0 Å². The van der Waals surface area contributed by atoms with Crippen LogP contribution in [0, 0.1) is 6.61 Å². The molecule has 0 amide bonds. The molecule has 1 radical (unpaired) electrons. The fourth-order valence-corrected chi connectivity index (χ4v) is 1.22. The molecule has 0 saturated carbocycles. The molecule has 16 heavy (non-hydrogen) atoms. The van der Waals surface area contributed by atoms with Gasteiger partial charge in [-0.15, -0.1) is 0 Å². The molecule has 1 heterocycles. The summed E-state index contributed by atoms with van der Waals surface area (Å²) in [6, 6.07) is 0. The van der Waals surface area contributed by atoms with Gasteiger partial charge in [0.2, 0.25) is 0 Å². The first-order valence-corrected chi connectivity index (χ1v) is 4.48. The first kappa shape index (κ1) is 13.3. The highest BCUT2D eigenvalue weighted by atomic mass is 16.6. The Morgan fingerprint density at radius 2 is 2.00 bits per heavy atom. The van der Waals surface area contributed by atoms with Gasteiger partial charge in [0.05, 0.1) is 0 Å².